The summed E-state index contributed by atoms with van der Waals surface area (Å²) in [4.78, 5) is 22.3. The van der Waals surface area contributed by atoms with Gasteiger partial charge in [0.2, 0.25) is 5.82 Å². The van der Waals surface area contributed by atoms with E-state index in [0.29, 0.717) is 47.3 Å². The van der Waals surface area contributed by atoms with Crippen molar-refractivity contribution in [1.82, 2.24) is 19.9 Å². The first-order valence-corrected chi connectivity index (χ1v) is 13.1. The van der Waals surface area contributed by atoms with Crippen LogP contribution in [0.5, 0.6) is 5.75 Å². The predicted molar refractivity (Wildman–Crippen MR) is 149 cm³/mol. The number of allylic oxidation sites excluding steroid dienone is 2. The highest BCUT2D eigenvalue weighted by atomic mass is 32.1. The van der Waals surface area contributed by atoms with Crippen molar-refractivity contribution in [2.45, 2.75) is 26.3 Å². The number of fused-ring (bicyclic) bond motifs is 1. The molecule has 1 aliphatic rings. The number of hydrogen-bond acceptors (Lipinski definition) is 7. The van der Waals surface area contributed by atoms with Crippen molar-refractivity contribution in [3.8, 4) is 17.0 Å². The number of thiazole rings is 1. The molecule has 0 radical (unpaired) electrons. The van der Waals surface area contributed by atoms with Gasteiger partial charge in [-0.15, -0.1) is 11.3 Å². The molecule has 0 bridgehead atoms. The van der Waals surface area contributed by atoms with Crippen LogP contribution in [-0.4, -0.2) is 27.6 Å². The molecule has 0 unspecified atom stereocenters. The number of nitrogen functional groups attached to an aromatic ring is 1. The molecule has 11 heteroatoms. The Balaban J connectivity index is 1.39. The van der Waals surface area contributed by atoms with Gasteiger partial charge in [-0.3, -0.25) is 9.36 Å². The Kier molecular flexibility index (Phi) is 7.42. The van der Waals surface area contributed by atoms with Crippen molar-refractivity contribution in [3.05, 3.63) is 88.3 Å². The average Bonchev–Trinajstić information content (AvgIpc) is 3.50. The molecule has 0 spiro atoms. The maximum Gasteiger partial charge on any atom is 0.251 e. The zero-order valence-corrected chi connectivity index (χ0v) is 22.1. The number of hydrogen-bond donors (Lipinski definition) is 3. The molecule has 5 rings (SSSR count). The maximum atomic E-state index is 14.9. The number of nitrogens with zero attached hydrogens (tertiary/aromatic N) is 3. The number of nitrogens with two attached hydrogens (primary N) is 1. The van der Waals surface area contributed by atoms with E-state index in [0.717, 1.165) is 16.1 Å². The smallest absolute Gasteiger partial charge is 0.251 e. The van der Waals surface area contributed by atoms with Crippen LogP contribution in [-0.2, 0) is 13.0 Å². The van der Waals surface area contributed by atoms with E-state index in [9.17, 15) is 13.6 Å². The van der Waals surface area contributed by atoms with Crippen LogP contribution < -0.4 is 21.1 Å². The number of imidazole rings is 1. The minimum Gasteiger partial charge on any atom is -0.494 e. The summed E-state index contributed by atoms with van der Waals surface area (Å²) in [7, 11) is 1.29. The van der Waals surface area contributed by atoms with Gasteiger partial charge in [0, 0.05) is 34.1 Å². The van der Waals surface area contributed by atoms with Crippen LogP contribution in [0, 0.1) is 11.6 Å². The molecular weight excluding hydrogens is 522 g/mol. The van der Waals surface area contributed by atoms with Crippen molar-refractivity contribution < 1.29 is 18.3 Å². The molecule has 8 nitrogen and oxygen atoms in total. The zero-order chi connectivity index (χ0) is 27.5. The molecule has 3 heterocycles. The maximum absolute atomic E-state index is 14.9. The van der Waals surface area contributed by atoms with Crippen LogP contribution in [0.2, 0.25) is 0 Å². The molecule has 2 aromatic carbocycles. The Hall–Kier alpha value is -4.51. The van der Waals surface area contributed by atoms with E-state index in [1.807, 2.05) is 31.2 Å². The van der Waals surface area contributed by atoms with E-state index in [-0.39, 0.29) is 17.2 Å². The van der Waals surface area contributed by atoms with E-state index in [1.54, 1.807) is 23.0 Å². The topological polar surface area (TPSA) is 107 Å². The molecule has 0 atom stereocenters. The number of amides is 1. The van der Waals surface area contributed by atoms with E-state index in [1.165, 1.54) is 36.8 Å². The number of carbonyl (C=O) groups is 1. The Morgan fingerprint density at radius 1 is 1.18 bits per heavy atom. The van der Waals surface area contributed by atoms with Crippen molar-refractivity contribution in [1.29, 1.82) is 0 Å². The number of ether oxygens (including phenoxy) is 1. The number of aromatic nitrogens is 3. The Morgan fingerprint density at radius 3 is 2.77 bits per heavy atom. The van der Waals surface area contributed by atoms with Crippen molar-refractivity contribution >= 4 is 40.0 Å². The fourth-order valence-corrected chi connectivity index (χ4v) is 4.98. The molecule has 1 amide bonds. The summed E-state index contributed by atoms with van der Waals surface area (Å²) in [5.74, 6) is -1.87. The third-order valence-electron chi connectivity index (χ3n) is 6.30. The first-order valence-electron chi connectivity index (χ1n) is 12.2. The lowest BCUT2D eigenvalue weighted by atomic mass is 10.0. The van der Waals surface area contributed by atoms with Crippen molar-refractivity contribution in [2.75, 3.05) is 18.2 Å². The van der Waals surface area contributed by atoms with Gasteiger partial charge in [0.1, 0.15) is 0 Å². The summed E-state index contributed by atoms with van der Waals surface area (Å²) in [6.07, 6.45) is 10.1. The van der Waals surface area contributed by atoms with Crippen molar-refractivity contribution in [3.63, 3.8) is 0 Å². The molecule has 0 saturated carbocycles. The molecule has 4 N–H and O–H groups in total. The van der Waals surface area contributed by atoms with Gasteiger partial charge in [-0.1, -0.05) is 19.1 Å². The highest BCUT2D eigenvalue weighted by molar-refractivity contribution is 7.15. The molecular formula is C28H26F2N6O2S. The van der Waals surface area contributed by atoms with E-state index >= 15 is 0 Å². The second-order valence-electron chi connectivity index (χ2n) is 8.72. The van der Waals surface area contributed by atoms with E-state index < -0.39 is 11.6 Å². The highest BCUT2D eigenvalue weighted by Gasteiger charge is 2.22. The first kappa shape index (κ1) is 26.1. The molecule has 4 aromatic rings. The standard InChI is InChI=1S/C28H26F2N6O2S/c1-3-16-12-17(7-8-19(16)27(37)33-13-18-14-34-28(31)39-18)35-21-6-4-5-11-36-22(15-32-26(21)36)20-9-10-23(38-2)25(30)24(20)29/h5-12,14-15,35H,3-4,13H2,1-2H3,(H2,31,34)(H,33,37). The summed E-state index contributed by atoms with van der Waals surface area (Å²) >= 11 is 1.33. The van der Waals surface area contributed by atoms with Crippen LogP contribution >= 0.6 is 11.3 Å². The average molecular weight is 549 g/mol. The first-order chi connectivity index (χ1) is 18.9. The molecule has 39 heavy (non-hydrogen) atoms. The second-order valence-corrected chi connectivity index (χ2v) is 9.86. The van der Waals surface area contributed by atoms with Crippen LogP contribution in [0.1, 0.15) is 40.0 Å². The highest BCUT2D eigenvalue weighted by Crippen LogP contribution is 2.33. The quantitative estimate of drug-likeness (QED) is 0.261. The Bertz CT molecular complexity index is 1610. The number of carbonyl (C=O) groups excluding carboxylic acids is 1. The van der Waals surface area contributed by atoms with Crippen LogP contribution in [0.25, 0.3) is 23.2 Å². The van der Waals surface area contributed by atoms with Gasteiger partial charge in [-0.2, -0.15) is 4.39 Å². The Morgan fingerprint density at radius 2 is 2.03 bits per heavy atom. The Labute approximate surface area is 227 Å². The minimum absolute atomic E-state index is 0.0719. The molecule has 0 saturated heterocycles. The second kappa shape index (κ2) is 11.1. The lowest BCUT2D eigenvalue weighted by Crippen LogP contribution is -2.23. The summed E-state index contributed by atoms with van der Waals surface area (Å²) in [6, 6.07) is 8.38. The van der Waals surface area contributed by atoms with Gasteiger partial charge in [0.15, 0.2) is 22.5 Å². The number of benzene rings is 2. The fourth-order valence-electron chi connectivity index (χ4n) is 4.36. The lowest BCUT2D eigenvalue weighted by Gasteiger charge is -2.15. The van der Waals surface area contributed by atoms with Crippen LogP contribution in [0.3, 0.4) is 0 Å². The summed E-state index contributed by atoms with van der Waals surface area (Å²) in [5, 5.41) is 6.76. The molecule has 0 aliphatic carbocycles. The van der Waals surface area contributed by atoms with Gasteiger partial charge in [0.25, 0.3) is 5.91 Å². The minimum atomic E-state index is -1.05. The molecule has 0 fully saturated rings. The molecule has 200 valence electrons. The monoisotopic (exact) mass is 548 g/mol. The van der Waals surface area contributed by atoms with Gasteiger partial charge in [0.05, 0.1) is 31.2 Å². The summed E-state index contributed by atoms with van der Waals surface area (Å²) < 4.78 is 35.9. The largest absolute Gasteiger partial charge is 0.494 e. The summed E-state index contributed by atoms with van der Waals surface area (Å²) in [6.45, 7) is 2.33. The van der Waals surface area contributed by atoms with Crippen LogP contribution in [0.4, 0.5) is 19.6 Å². The number of aryl methyl sites for hydroxylation is 1. The SMILES string of the molecule is CCc1cc(NC2=CCC=Cn3c(-c4ccc(OC)c(F)c4F)cnc32)ccc1C(=O)NCc1cnc(N)s1. The third-order valence-corrected chi connectivity index (χ3v) is 7.12. The normalized spacial score (nSPS) is 12.5. The van der Waals surface area contributed by atoms with Crippen LogP contribution in [0.15, 0.2) is 54.9 Å². The van der Waals surface area contributed by atoms with Gasteiger partial charge < -0.3 is 21.1 Å². The lowest BCUT2D eigenvalue weighted by molar-refractivity contribution is 0.0950. The molecule has 1 aliphatic heterocycles. The number of methoxy groups -OCH3 is 1. The van der Waals surface area contributed by atoms with Crippen molar-refractivity contribution in [2.24, 2.45) is 0 Å². The van der Waals surface area contributed by atoms with E-state index in [4.69, 9.17) is 10.5 Å². The van der Waals surface area contributed by atoms with Gasteiger partial charge in [-0.05, 0) is 48.7 Å². The van der Waals surface area contributed by atoms with Gasteiger partial charge in [-0.25, -0.2) is 14.4 Å². The zero-order valence-electron chi connectivity index (χ0n) is 21.3. The predicted octanol–water partition coefficient (Wildman–Crippen LogP) is 5.70. The number of anilines is 2. The molecule has 2 aromatic heterocycles. The number of halogens is 2. The van der Waals surface area contributed by atoms with E-state index in [2.05, 4.69) is 20.6 Å². The summed E-state index contributed by atoms with van der Waals surface area (Å²) in [5.41, 5.74) is 9.05. The van der Waals surface area contributed by atoms with Gasteiger partial charge >= 0.3 is 0 Å². The third kappa shape index (κ3) is 5.26. The number of nitrogens with one attached hydrogen (secondary N) is 2. The number of rotatable bonds is 8. The fraction of sp³-hybridized carbons (Fsp3) is 0.179.